The number of anilines is 2. The normalized spacial score (nSPS) is 17.7. The van der Waals surface area contributed by atoms with Crippen molar-refractivity contribution < 1.29 is 27.5 Å². The van der Waals surface area contributed by atoms with Gasteiger partial charge in [0.15, 0.2) is 0 Å². The average Bonchev–Trinajstić information content (AvgIpc) is 3.47. The number of rotatable bonds is 4. The number of β-amino-alcohol motifs (C(OH)–C–C–N with tert-alkyl or cyclic N) is 1. The second-order valence-corrected chi connectivity index (χ2v) is 8.40. The number of primary amides is 1. The molecule has 2 heterocycles. The van der Waals surface area contributed by atoms with Crippen molar-refractivity contribution in [2.24, 2.45) is 5.73 Å². The SMILES string of the molecule is CC.NC(=O)N(c1ccc(-c2cnc(C3(O)CCNC3)s2)cc1)c1cc(C(F)(F)F)ccc1F. The van der Waals surface area contributed by atoms with Gasteiger partial charge >= 0.3 is 12.2 Å². The largest absolute Gasteiger partial charge is 0.416 e. The van der Waals surface area contributed by atoms with Crippen molar-refractivity contribution in [2.75, 3.05) is 18.0 Å². The van der Waals surface area contributed by atoms with Gasteiger partial charge in [-0.25, -0.2) is 14.2 Å². The molecule has 4 rings (SSSR count). The van der Waals surface area contributed by atoms with Gasteiger partial charge in [-0.3, -0.25) is 4.90 Å². The lowest BCUT2D eigenvalue weighted by atomic mass is 10.1. The Morgan fingerprint density at radius 3 is 2.44 bits per heavy atom. The second-order valence-electron chi connectivity index (χ2n) is 7.37. The van der Waals surface area contributed by atoms with Crippen LogP contribution in [0.3, 0.4) is 0 Å². The molecule has 2 aromatic carbocycles. The fraction of sp³-hybridized carbons (Fsp3) is 0.304. The minimum Gasteiger partial charge on any atom is -0.381 e. The zero-order valence-electron chi connectivity index (χ0n) is 18.5. The van der Waals surface area contributed by atoms with Crippen molar-refractivity contribution in [3.63, 3.8) is 0 Å². The van der Waals surface area contributed by atoms with E-state index in [9.17, 15) is 27.5 Å². The number of amides is 2. The molecule has 1 atom stereocenters. The van der Waals surface area contributed by atoms with Crippen molar-refractivity contribution in [3.8, 4) is 10.4 Å². The van der Waals surface area contributed by atoms with Crippen molar-refractivity contribution in [1.82, 2.24) is 10.3 Å². The van der Waals surface area contributed by atoms with E-state index in [0.717, 1.165) is 4.88 Å². The number of urea groups is 1. The number of carbonyl (C=O) groups is 1. The van der Waals surface area contributed by atoms with Crippen LogP contribution < -0.4 is 16.0 Å². The van der Waals surface area contributed by atoms with Gasteiger partial charge in [0.2, 0.25) is 0 Å². The number of hydrogen-bond acceptors (Lipinski definition) is 5. The minimum atomic E-state index is -4.71. The minimum absolute atomic E-state index is 0.0998. The molecule has 1 unspecified atom stereocenters. The summed E-state index contributed by atoms with van der Waals surface area (Å²) in [4.78, 5) is 17.8. The molecule has 11 heteroatoms. The summed E-state index contributed by atoms with van der Waals surface area (Å²) in [5.74, 6) is -1.02. The van der Waals surface area contributed by atoms with Crippen LogP contribution in [0.15, 0.2) is 48.7 Å². The van der Waals surface area contributed by atoms with Crippen LogP contribution in [0.25, 0.3) is 10.4 Å². The summed E-state index contributed by atoms with van der Waals surface area (Å²) in [6.45, 7) is 5.10. The Labute approximate surface area is 198 Å². The molecule has 4 N–H and O–H groups in total. The molecule has 2 amide bonds. The Kier molecular flexibility index (Phi) is 7.59. The molecule has 0 bridgehead atoms. The van der Waals surface area contributed by atoms with Gasteiger partial charge in [-0.2, -0.15) is 13.2 Å². The fourth-order valence-electron chi connectivity index (χ4n) is 3.50. The zero-order valence-corrected chi connectivity index (χ0v) is 19.3. The highest BCUT2D eigenvalue weighted by Crippen LogP contribution is 2.38. The third-order valence-electron chi connectivity index (χ3n) is 5.18. The number of aromatic nitrogens is 1. The number of nitrogens with one attached hydrogen (secondary N) is 1. The lowest BCUT2D eigenvalue weighted by Gasteiger charge is -2.22. The molecule has 1 aliphatic heterocycles. The summed E-state index contributed by atoms with van der Waals surface area (Å²) in [5, 5.41) is 14.3. The third kappa shape index (κ3) is 5.21. The Hall–Kier alpha value is -3.02. The van der Waals surface area contributed by atoms with Gasteiger partial charge in [0.05, 0.1) is 21.8 Å². The highest BCUT2D eigenvalue weighted by Gasteiger charge is 2.36. The summed E-state index contributed by atoms with van der Waals surface area (Å²) < 4.78 is 53.5. The maximum absolute atomic E-state index is 14.3. The van der Waals surface area contributed by atoms with E-state index in [2.05, 4.69) is 10.3 Å². The molecule has 1 aromatic heterocycles. The first-order valence-electron chi connectivity index (χ1n) is 10.5. The van der Waals surface area contributed by atoms with E-state index in [0.29, 0.717) is 53.2 Å². The smallest absolute Gasteiger partial charge is 0.381 e. The van der Waals surface area contributed by atoms with Gasteiger partial charge in [-0.15, -0.1) is 11.3 Å². The third-order valence-corrected chi connectivity index (χ3v) is 6.42. The van der Waals surface area contributed by atoms with Crippen LogP contribution in [0.1, 0.15) is 30.8 Å². The topological polar surface area (TPSA) is 91.5 Å². The first kappa shape index (κ1) is 25.6. The molecule has 0 aliphatic carbocycles. The molecule has 0 spiro atoms. The summed E-state index contributed by atoms with van der Waals surface area (Å²) in [6, 6.07) is 6.78. The Balaban J connectivity index is 0.00000158. The summed E-state index contributed by atoms with van der Waals surface area (Å²) in [7, 11) is 0. The zero-order chi connectivity index (χ0) is 25.1. The second kappa shape index (κ2) is 10.1. The number of nitrogens with two attached hydrogens (primary N) is 1. The first-order valence-corrected chi connectivity index (χ1v) is 11.4. The van der Waals surface area contributed by atoms with Gasteiger partial charge in [-0.05, 0) is 48.9 Å². The predicted molar refractivity (Wildman–Crippen MR) is 123 cm³/mol. The molecule has 0 radical (unpaired) electrons. The van der Waals surface area contributed by atoms with E-state index < -0.39 is 34.9 Å². The number of alkyl halides is 3. The molecule has 1 aliphatic rings. The van der Waals surface area contributed by atoms with Crippen LogP contribution in [0.5, 0.6) is 0 Å². The lowest BCUT2D eigenvalue weighted by molar-refractivity contribution is -0.137. The number of aliphatic hydroxyl groups is 1. The van der Waals surface area contributed by atoms with Crippen molar-refractivity contribution in [3.05, 3.63) is 65.0 Å². The summed E-state index contributed by atoms with van der Waals surface area (Å²) >= 11 is 1.31. The van der Waals surface area contributed by atoms with E-state index in [1.54, 1.807) is 18.3 Å². The van der Waals surface area contributed by atoms with E-state index >= 15 is 0 Å². The van der Waals surface area contributed by atoms with Crippen LogP contribution in [-0.2, 0) is 11.8 Å². The van der Waals surface area contributed by atoms with Crippen LogP contribution in [0, 0.1) is 5.82 Å². The Morgan fingerprint density at radius 2 is 1.88 bits per heavy atom. The number of thiazole rings is 1. The van der Waals surface area contributed by atoms with Crippen LogP contribution >= 0.6 is 11.3 Å². The highest BCUT2D eigenvalue weighted by molar-refractivity contribution is 7.15. The van der Waals surface area contributed by atoms with Crippen molar-refractivity contribution in [2.45, 2.75) is 32.0 Å². The van der Waals surface area contributed by atoms with Crippen molar-refractivity contribution in [1.29, 1.82) is 0 Å². The van der Waals surface area contributed by atoms with Crippen LogP contribution in [0.4, 0.5) is 33.7 Å². The predicted octanol–water partition coefficient (Wildman–Crippen LogP) is 5.39. The fourth-order valence-corrected chi connectivity index (χ4v) is 4.54. The molecule has 6 nitrogen and oxygen atoms in total. The average molecular weight is 497 g/mol. The number of hydrogen-bond donors (Lipinski definition) is 3. The summed E-state index contributed by atoms with van der Waals surface area (Å²) in [6.07, 6.45) is -2.54. The highest BCUT2D eigenvalue weighted by atomic mass is 32.1. The van der Waals surface area contributed by atoms with Crippen LogP contribution in [-0.4, -0.2) is 29.2 Å². The summed E-state index contributed by atoms with van der Waals surface area (Å²) in [5.41, 5.74) is 3.45. The van der Waals surface area contributed by atoms with Gasteiger partial charge < -0.3 is 16.2 Å². The van der Waals surface area contributed by atoms with E-state index in [1.807, 2.05) is 13.8 Å². The van der Waals surface area contributed by atoms with E-state index in [4.69, 9.17) is 5.73 Å². The molecule has 3 aromatic rings. The molecule has 1 saturated heterocycles. The standard InChI is InChI=1S/C21H18F4N4O2S.C2H6/c22-15-6-3-13(21(23,24)25)9-16(15)29(19(26)30)14-4-1-12(2-5-14)17-10-28-18(32-17)20(31)7-8-27-11-20;1-2/h1-6,9-10,27,31H,7-8,11H2,(H2,26,30);1-2H3. The Morgan fingerprint density at radius 1 is 1.21 bits per heavy atom. The van der Waals surface area contributed by atoms with Gasteiger partial charge in [0.25, 0.3) is 0 Å². The molecule has 1 fully saturated rings. The molecular formula is C23H24F4N4O2S. The van der Waals surface area contributed by atoms with E-state index in [-0.39, 0.29) is 5.69 Å². The lowest BCUT2D eigenvalue weighted by Crippen LogP contribution is -2.32. The quantitative estimate of drug-likeness (QED) is 0.422. The van der Waals surface area contributed by atoms with Gasteiger partial charge in [-0.1, -0.05) is 26.0 Å². The number of nitrogens with zero attached hydrogens (tertiary/aromatic N) is 2. The maximum atomic E-state index is 14.3. The molecular weight excluding hydrogens is 472 g/mol. The number of halogens is 4. The number of carbonyl (C=O) groups excluding carboxylic acids is 1. The van der Waals surface area contributed by atoms with Gasteiger partial charge in [0, 0.05) is 12.7 Å². The first-order chi connectivity index (χ1) is 16.1. The molecule has 34 heavy (non-hydrogen) atoms. The van der Waals surface area contributed by atoms with Crippen molar-refractivity contribution >= 4 is 28.7 Å². The van der Waals surface area contributed by atoms with E-state index in [1.165, 1.54) is 23.5 Å². The monoisotopic (exact) mass is 496 g/mol. The van der Waals surface area contributed by atoms with Gasteiger partial charge in [0.1, 0.15) is 16.4 Å². The Bertz CT molecular complexity index is 1140. The molecule has 0 saturated carbocycles. The maximum Gasteiger partial charge on any atom is 0.416 e. The molecule has 182 valence electrons. The number of benzene rings is 2. The van der Waals surface area contributed by atoms with Crippen LogP contribution in [0.2, 0.25) is 0 Å².